The average Bonchev–Trinajstić information content (AvgIpc) is 2.65. The van der Waals surface area contributed by atoms with Crippen molar-refractivity contribution in [2.45, 2.75) is 24.8 Å². The number of hydrogen-bond acceptors (Lipinski definition) is 3. The Labute approximate surface area is 114 Å². The minimum atomic E-state index is 0.318. The predicted octanol–water partition coefficient (Wildman–Crippen LogP) is 2.47. The van der Waals surface area contributed by atoms with Crippen LogP contribution in [0.15, 0.2) is 24.3 Å². The lowest BCUT2D eigenvalue weighted by Crippen LogP contribution is -2.54. The Morgan fingerprint density at radius 2 is 2.05 bits per heavy atom. The smallest absolute Gasteiger partial charge is 0.203 e. The number of likely N-dealkylation sites (N-methyl/N-ethyl adjacent to an activating group) is 1. The second-order valence-electron chi connectivity index (χ2n) is 5.81. The van der Waals surface area contributed by atoms with Crippen LogP contribution in [0.25, 0.3) is 11.0 Å². The molecular formula is C15H22N4. The Hall–Kier alpha value is -1.55. The topological polar surface area (TPSA) is 33.1 Å². The van der Waals surface area contributed by atoms with Crippen LogP contribution in [-0.2, 0) is 7.05 Å². The fourth-order valence-electron chi connectivity index (χ4n) is 2.91. The third kappa shape index (κ3) is 2.00. The highest BCUT2D eigenvalue weighted by molar-refractivity contribution is 5.78. The lowest BCUT2D eigenvalue weighted by Gasteiger charge is -2.47. The van der Waals surface area contributed by atoms with Crippen molar-refractivity contribution in [3.8, 4) is 0 Å². The summed E-state index contributed by atoms with van der Waals surface area (Å²) in [6.45, 7) is 0.969. The maximum Gasteiger partial charge on any atom is 0.203 e. The summed E-state index contributed by atoms with van der Waals surface area (Å²) in [5.41, 5.74) is 2.55. The average molecular weight is 258 g/mol. The quantitative estimate of drug-likeness (QED) is 0.914. The molecule has 1 aliphatic carbocycles. The summed E-state index contributed by atoms with van der Waals surface area (Å²) in [7, 11) is 6.42. The molecule has 0 atom stereocenters. The number of anilines is 1. The van der Waals surface area contributed by atoms with Gasteiger partial charge < -0.3 is 14.8 Å². The summed E-state index contributed by atoms with van der Waals surface area (Å²) in [4.78, 5) is 7.02. The molecule has 102 valence electrons. The summed E-state index contributed by atoms with van der Waals surface area (Å²) >= 11 is 0. The number of benzene rings is 1. The first-order valence-electron chi connectivity index (χ1n) is 6.95. The summed E-state index contributed by atoms with van der Waals surface area (Å²) in [5.74, 6) is 0.967. The molecule has 0 aliphatic heterocycles. The third-order valence-electron chi connectivity index (χ3n) is 4.60. The fourth-order valence-corrected chi connectivity index (χ4v) is 2.91. The third-order valence-corrected chi connectivity index (χ3v) is 4.60. The van der Waals surface area contributed by atoms with E-state index < -0.39 is 0 Å². The number of rotatable bonds is 4. The zero-order chi connectivity index (χ0) is 13.5. The van der Waals surface area contributed by atoms with Crippen LogP contribution in [0.2, 0.25) is 0 Å². The molecule has 1 fully saturated rings. The summed E-state index contributed by atoms with van der Waals surface area (Å²) in [6, 6.07) is 8.26. The Bertz CT molecular complexity index is 581. The molecule has 0 unspecified atom stereocenters. The number of nitrogens with one attached hydrogen (secondary N) is 1. The molecule has 4 heteroatoms. The standard InChI is InChI=1S/C15H22N4/c1-18(2)15(9-6-10-15)11-16-14-17-12-7-4-5-8-13(12)19(14)3/h4-5,7-8H,6,9-11H2,1-3H3,(H,16,17). The van der Waals surface area contributed by atoms with E-state index in [9.17, 15) is 0 Å². The fraction of sp³-hybridized carbons (Fsp3) is 0.533. The Kier molecular flexibility index (Phi) is 2.97. The van der Waals surface area contributed by atoms with Gasteiger partial charge in [-0.05, 0) is 45.5 Å². The number of fused-ring (bicyclic) bond motifs is 1. The minimum Gasteiger partial charge on any atom is -0.354 e. The monoisotopic (exact) mass is 258 g/mol. The molecule has 0 saturated heterocycles. The first-order valence-corrected chi connectivity index (χ1v) is 6.95. The normalized spacial score (nSPS) is 17.7. The van der Waals surface area contributed by atoms with Gasteiger partial charge in [-0.15, -0.1) is 0 Å². The molecule has 0 amide bonds. The minimum absolute atomic E-state index is 0.318. The van der Waals surface area contributed by atoms with Gasteiger partial charge in [-0.1, -0.05) is 12.1 Å². The van der Waals surface area contributed by atoms with Crippen molar-refractivity contribution >= 4 is 17.0 Å². The molecule has 19 heavy (non-hydrogen) atoms. The van der Waals surface area contributed by atoms with Crippen molar-refractivity contribution < 1.29 is 0 Å². The van der Waals surface area contributed by atoms with Gasteiger partial charge in [-0.25, -0.2) is 4.98 Å². The maximum atomic E-state index is 4.67. The van der Waals surface area contributed by atoms with Crippen LogP contribution in [0.5, 0.6) is 0 Å². The van der Waals surface area contributed by atoms with Gasteiger partial charge in [0, 0.05) is 19.1 Å². The Balaban J connectivity index is 1.80. The van der Waals surface area contributed by atoms with E-state index in [0.717, 1.165) is 18.0 Å². The number of aromatic nitrogens is 2. The van der Waals surface area contributed by atoms with Crippen LogP contribution in [-0.4, -0.2) is 40.6 Å². The maximum absolute atomic E-state index is 4.67. The highest BCUT2D eigenvalue weighted by Gasteiger charge is 2.38. The largest absolute Gasteiger partial charge is 0.354 e. The predicted molar refractivity (Wildman–Crippen MR) is 79.5 cm³/mol. The van der Waals surface area contributed by atoms with Gasteiger partial charge in [0.25, 0.3) is 0 Å². The van der Waals surface area contributed by atoms with Gasteiger partial charge in [0.1, 0.15) is 0 Å². The molecule has 1 N–H and O–H groups in total. The van der Waals surface area contributed by atoms with E-state index >= 15 is 0 Å². The van der Waals surface area contributed by atoms with Crippen LogP contribution in [0.1, 0.15) is 19.3 Å². The molecule has 1 aliphatic rings. The molecule has 0 spiro atoms. The number of nitrogens with zero attached hydrogens (tertiary/aromatic N) is 3. The highest BCUT2D eigenvalue weighted by atomic mass is 15.2. The molecule has 1 aromatic heterocycles. The van der Waals surface area contributed by atoms with Gasteiger partial charge >= 0.3 is 0 Å². The van der Waals surface area contributed by atoms with Crippen LogP contribution in [0.4, 0.5) is 5.95 Å². The zero-order valence-corrected chi connectivity index (χ0v) is 12.0. The van der Waals surface area contributed by atoms with E-state index in [-0.39, 0.29) is 0 Å². The van der Waals surface area contributed by atoms with Crippen molar-refractivity contribution in [1.29, 1.82) is 0 Å². The van der Waals surface area contributed by atoms with Crippen molar-refractivity contribution in [3.05, 3.63) is 24.3 Å². The van der Waals surface area contributed by atoms with Gasteiger partial charge in [0.05, 0.1) is 11.0 Å². The van der Waals surface area contributed by atoms with E-state index in [1.807, 2.05) is 6.07 Å². The Morgan fingerprint density at radius 1 is 1.32 bits per heavy atom. The van der Waals surface area contributed by atoms with E-state index in [0.29, 0.717) is 5.54 Å². The van der Waals surface area contributed by atoms with Gasteiger partial charge in [-0.2, -0.15) is 0 Å². The number of imidazole rings is 1. The summed E-state index contributed by atoms with van der Waals surface area (Å²) in [5, 5.41) is 3.54. The van der Waals surface area contributed by atoms with E-state index in [2.05, 4.69) is 59.1 Å². The van der Waals surface area contributed by atoms with E-state index in [1.54, 1.807) is 0 Å². The Morgan fingerprint density at radius 3 is 2.63 bits per heavy atom. The van der Waals surface area contributed by atoms with Crippen molar-refractivity contribution in [3.63, 3.8) is 0 Å². The van der Waals surface area contributed by atoms with Gasteiger partial charge in [-0.3, -0.25) is 0 Å². The van der Waals surface area contributed by atoms with Crippen LogP contribution >= 0.6 is 0 Å². The zero-order valence-electron chi connectivity index (χ0n) is 12.0. The van der Waals surface area contributed by atoms with E-state index in [4.69, 9.17) is 0 Å². The van der Waals surface area contributed by atoms with Gasteiger partial charge in [0.2, 0.25) is 5.95 Å². The van der Waals surface area contributed by atoms with Gasteiger partial charge in [0.15, 0.2) is 0 Å². The molecular weight excluding hydrogens is 236 g/mol. The van der Waals surface area contributed by atoms with Crippen molar-refractivity contribution in [2.75, 3.05) is 26.0 Å². The SMILES string of the molecule is CN(C)C1(CNc2nc3ccccc3n2C)CCC1. The highest BCUT2D eigenvalue weighted by Crippen LogP contribution is 2.36. The molecule has 1 aromatic carbocycles. The summed E-state index contributed by atoms with van der Waals surface area (Å²) in [6.07, 6.45) is 3.89. The number of hydrogen-bond donors (Lipinski definition) is 1. The lowest BCUT2D eigenvalue weighted by molar-refractivity contribution is 0.0737. The molecule has 0 radical (unpaired) electrons. The first-order chi connectivity index (χ1) is 9.12. The second kappa shape index (κ2) is 4.53. The van der Waals surface area contributed by atoms with Crippen LogP contribution in [0.3, 0.4) is 0 Å². The summed E-state index contributed by atoms with van der Waals surface area (Å²) < 4.78 is 2.14. The van der Waals surface area contributed by atoms with Crippen LogP contribution in [0, 0.1) is 0 Å². The molecule has 3 rings (SSSR count). The lowest BCUT2D eigenvalue weighted by atomic mass is 9.75. The van der Waals surface area contributed by atoms with Crippen LogP contribution < -0.4 is 5.32 Å². The number of aryl methyl sites for hydroxylation is 1. The van der Waals surface area contributed by atoms with Crippen molar-refractivity contribution in [1.82, 2.24) is 14.5 Å². The van der Waals surface area contributed by atoms with Crippen molar-refractivity contribution in [2.24, 2.45) is 7.05 Å². The molecule has 2 aromatic rings. The second-order valence-corrected chi connectivity index (χ2v) is 5.81. The molecule has 0 bridgehead atoms. The molecule has 4 nitrogen and oxygen atoms in total. The number of para-hydroxylation sites is 2. The van der Waals surface area contributed by atoms with E-state index in [1.165, 1.54) is 24.8 Å². The molecule has 1 heterocycles. The first kappa shape index (κ1) is 12.5. The molecule has 1 saturated carbocycles.